The second-order valence-corrected chi connectivity index (χ2v) is 4.97. The van der Waals surface area contributed by atoms with E-state index in [2.05, 4.69) is 0 Å². The Morgan fingerprint density at radius 1 is 0.923 bits per heavy atom. The molecule has 6 unspecified atom stereocenters. The highest BCUT2D eigenvalue weighted by Crippen LogP contribution is 2.54. The van der Waals surface area contributed by atoms with Crippen LogP contribution in [0.5, 0.6) is 0 Å². The fraction of sp³-hybridized carbons (Fsp3) is 1.00. The van der Waals surface area contributed by atoms with Gasteiger partial charge in [0.2, 0.25) is 0 Å². The Bertz CT molecular complexity index is 169. The summed E-state index contributed by atoms with van der Waals surface area (Å²) in [7, 11) is 0. The fourth-order valence-corrected chi connectivity index (χ4v) is 3.81. The van der Waals surface area contributed by atoms with Gasteiger partial charge < -0.3 is 10.2 Å². The Hall–Kier alpha value is -0.0800. The first-order valence-corrected chi connectivity index (χ1v) is 5.47. The summed E-state index contributed by atoms with van der Waals surface area (Å²) >= 11 is 0. The van der Waals surface area contributed by atoms with Crippen molar-refractivity contribution in [3.63, 3.8) is 0 Å². The molecule has 0 spiro atoms. The Kier molecular flexibility index (Phi) is 2.37. The molecule has 0 amide bonds. The average molecular weight is 184 g/mol. The van der Waals surface area contributed by atoms with Crippen molar-refractivity contribution in [2.75, 3.05) is 0 Å². The lowest BCUT2D eigenvalue weighted by molar-refractivity contribution is -0.00683. The van der Waals surface area contributed by atoms with E-state index >= 15 is 0 Å². The molecule has 0 radical (unpaired) electrons. The molecule has 13 heavy (non-hydrogen) atoms. The number of hydrogen-bond donors (Lipinski definition) is 2. The zero-order valence-electron chi connectivity index (χ0n) is 8.48. The van der Waals surface area contributed by atoms with Gasteiger partial charge in [-0.3, -0.25) is 0 Å². The van der Waals surface area contributed by atoms with Gasteiger partial charge >= 0.3 is 0 Å². The minimum Gasteiger partial charge on any atom is -0.393 e. The van der Waals surface area contributed by atoms with Crippen LogP contribution in [0.25, 0.3) is 0 Å². The van der Waals surface area contributed by atoms with Crippen LogP contribution in [0, 0.1) is 23.7 Å². The van der Waals surface area contributed by atoms with Gasteiger partial charge in [0.25, 0.3) is 0 Å². The molecule has 2 nitrogen and oxygen atoms in total. The van der Waals surface area contributed by atoms with E-state index in [1.807, 2.05) is 13.8 Å². The third-order valence-electron chi connectivity index (χ3n) is 4.16. The van der Waals surface area contributed by atoms with Crippen molar-refractivity contribution in [1.82, 2.24) is 0 Å². The van der Waals surface area contributed by atoms with E-state index in [1.165, 1.54) is 19.3 Å². The highest BCUT2D eigenvalue weighted by Gasteiger charge is 2.50. The van der Waals surface area contributed by atoms with Gasteiger partial charge in [-0.15, -0.1) is 0 Å². The molecule has 0 saturated heterocycles. The third-order valence-corrected chi connectivity index (χ3v) is 4.16. The normalized spacial score (nSPS) is 48.0. The van der Waals surface area contributed by atoms with E-state index in [-0.39, 0.29) is 12.2 Å². The second-order valence-electron chi connectivity index (χ2n) is 4.97. The third kappa shape index (κ3) is 1.40. The molecular weight excluding hydrogens is 164 g/mol. The van der Waals surface area contributed by atoms with Gasteiger partial charge in [0.15, 0.2) is 0 Å². The van der Waals surface area contributed by atoms with Gasteiger partial charge in [-0.1, -0.05) is 0 Å². The van der Waals surface area contributed by atoms with E-state index in [1.54, 1.807) is 0 Å². The van der Waals surface area contributed by atoms with E-state index in [0.29, 0.717) is 23.7 Å². The summed E-state index contributed by atoms with van der Waals surface area (Å²) in [5.41, 5.74) is 0. The van der Waals surface area contributed by atoms with E-state index in [4.69, 9.17) is 0 Å². The number of hydrogen-bond acceptors (Lipinski definition) is 2. The SMILES string of the molecule is CC(O)C1C2CCC(C2)C1C(C)O. The van der Waals surface area contributed by atoms with Crippen molar-refractivity contribution in [3.8, 4) is 0 Å². The quantitative estimate of drug-likeness (QED) is 0.681. The predicted octanol–water partition coefficient (Wildman–Crippen LogP) is 1.41. The molecule has 2 fully saturated rings. The van der Waals surface area contributed by atoms with Crippen LogP contribution < -0.4 is 0 Å². The van der Waals surface area contributed by atoms with Crippen LogP contribution in [-0.2, 0) is 0 Å². The van der Waals surface area contributed by atoms with Crippen LogP contribution in [-0.4, -0.2) is 22.4 Å². The lowest BCUT2D eigenvalue weighted by Crippen LogP contribution is -2.37. The van der Waals surface area contributed by atoms with Crippen molar-refractivity contribution in [3.05, 3.63) is 0 Å². The van der Waals surface area contributed by atoms with Crippen LogP contribution in [0.1, 0.15) is 33.1 Å². The van der Waals surface area contributed by atoms with E-state index in [0.717, 1.165) is 0 Å². The number of rotatable bonds is 2. The van der Waals surface area contributed by atoms with Crippen LogP contribution >= 0.6 is 0 Å². The largest absolute Gasteiger partial charge is 0.393 e. The molecule has 2 saturated carbocycles. The number of aliphatic hydroxyl groups excluding tert-OH is 2. The van der Waals surface area contributed by atoms with Crippen molar-refractivity contribution in [2.45, 2.75) is 45.3 Å². The first-order valence-electron chi connectivity index (χ1n) is 5.47. The summed E-state index contributed by atoms with van der Waals surface area (Å²) < 4.78 is 0. The first-order chi connectivity index (χ1) is 6.11. The van der Waals surface area contributed by atoms with Crippen molar-refractivity contribution < 1.29 is 10.2 Å². The monoisotopic (exact) mass is 184 g/mol. The van der Waals surface area contributed by atoms with E-state index in [9.17, 15) is 10.2 Å². The van der Waals surface area contributed by atoms with Crippen molar-refractivity contribution >= 4 is 0 Å². The minimum absolute atomic E-state index is 0.241. The van der Waals surface area contributed by atoms with E-state index < -0.39 is 0 Å². The Morgan fingerprint density at radius 2 is 1.31 bits per heavy atom. The second kappa shape index (κ2) is 3.25. The molecule has 6 atom stereocenters. The van der Waals surface area contributed by atoms with Gasteiger partial charge in [-0.2, -0.15) is 0 Å². The molecule has 2 heteroatoms. The smallest absolute Gasteiger partial charge is 0.0546 e. The van der Waals surface area contributed by atoms with Crippen LogP contribution in [0.4, 0.5) is 0 Å². The molecule has 0 aromatic heterocycles. The molecular formula is C11H20O2. The maximum absolute atomic E-state index is 9.68. The van der Waals surface area contributed by atoms with Gasteiger partial charge in [0.1, 0.15) is 0 Å². The van der Waals surface area contributed by atoms with Crippen LogP contribution in [0.2, 0.25) is 0 Å². The van der Waals surface area contributed by atoms with Crippen molar-refractivity contribution in [2.24, 2.45) is 23.7 Å². The summed E-state index contributed by atoms with van der Waals surface area (Å²) in [4.78, 5) is 0. The number of aliphatic hydroxyl groups is 2. The Labute approximate surface area is 80.0 Å². The minimum atomic E-state index is -0.241. The molecule has 0 heterocycles. The van der Waals surface area contributed by atoms with Crippen molar-refractivity contribution in [1.29, 1.82) is 0 Å². The standard InChI is InChI=1S/C11H20O2/c1-6(12)10-8-3-4-9(5-8)11(10)7(2)13/h6-13H,3-5H2,1-2H3. The summed E-state index contributed by atoms with van der Waals surface area (Å²) in [5.74, 6) is 2.09. The summed E-state index contributed by atoms with van der Waals surface area (Å²) in [6.07, 6.45) is 3.29. The molecule has 2 N–H and O–H groups in total. The summed E-state index contributed by atoms with van der Waals surface area (Å²) in [6, 6.07) is 0. The molecule has 76 valence electrons. The van der Waals surface area contributed by atoms with Crippen LogP contribution in [0.15, 0.2) is 0 Å². The lowest BCUT2D eigenvalue weighted by Gasteiger charge is -2.34. The highest BCUT2D eigenvalue weighted by molar-refractivity contribution is 4.99. The predicted molar refractivity (Wildman–Crippen MR) is 51.2 cm³/mol. The van der Waals surface area contributed by atoms with Gasteiger partial charge in [-0.05, 0) is 56.8 Å². The molecule has 2 aliphatic rings. The molecule has 2 aliphatic carbocycles. The molecule has 2 bridgehead atoms. The zero-order chi connectivity index (χ0) is 9.59. The van der Waals surface area contributed by atoms with Gasteiger partial charge in [0.05, 0.1) is 12.2 Å². The van der Waals surface area contributed by atoms with Crippen LogP contribution in [0.3, 0.4) is 0 Å². The molecule has 0 aromatic carbocycles. The fourth-order valence-electron chi connectivity index (χ4n) is 3.81. The first kappa shape index (κ1) is 9.47. The average Bonchev–Trinajstić information content (AvgIpc) is 2.60. The topological polar surface area (TPSA) is 40.5 Å². The zero-order valence-corrected chi connectivity index (χ0v) is 8.48. The lowest BCUT2D eigenvalue weighted by atomic mass is 9.74. The summed E-state index contributed by atoms with van der Waals surface area (Å²) in [6.45, 7) is 3.75. The highest BCUT2D eigenvalue weighted by atomic mass is 16.3. The number of fused-ring (bicyclic) bond motifs is 2. The molecule has 0 aromatic rings. The van der Waals surface area contributed by atoms with Gasteiger partial charge in [-0.25, -0.2) is 0 Å². The summed E-state index contributed by atoms with van der Waals surface area (Å²) in [5, 5.41) is 19.4. The Balaban J connectivity index is 2.15. The maximum Gasteiger partial charge on any atom is 0.0546 e. The maximum atomic E-state index is 9.68. The molecule has 0 aliphatic heterocycles. The van der Waals surface area contributed by atoms with Gasteiger partial charge in [0, 0.05) is 0 Å². The Morgan fingerprint density at radius 3 is 1.62 bits per heavy atom. The molecule has 2 rings (SSSR count).